The summed E-state index contributed by atoms with van der Waals surface area (Å²) in [5.41, 5.74) is -1.09. The summed E-state index contributed by atoms with van der Waals surface area (Å²) in [6, 6.07) is 6.99. The highest BCUT2D eigenvalue weighted by Crippen LogP contribution is 2.24. The van der Waals surface area contributed by atoms with Crippen LogP contribution in [-0.2, 0) is 18.4 Å². The number of rotatable bonds is 5. The molecule has 0 amide bonds. The summed E-state index contributed by atoms with van der Waals surface area (Å²) in [7, 11) is 1.38. The molecule has 3 aromatic rings. The van der Waals surface area contributed by atoms with Crippen LogP contribution in [0.3, 0.4) is 0 Å². The van der Waals surface area contributed by atoms with Crippen molar-refractivity contribution in [3.63, 3.8) is 0 Å². The Bertz CT molecular complexity index is 1160. The van der Waals surface area contributed by atoms with Crippen molar-refractivity contribution in [3.05, 3.63) is 56.5 Å². The number of imidazole rings is 1. The molecule has 0 spiro atoms. The predicted molar refractivity (Wildman–Crippen MR) is 102 cm³/mol. The van der Waals surface area contributed by atoms with Gasteiger partial charge in [-0.3, -0.25) is 23.3 Å². The van der Waals surface area contributed by atoms with E-state index in [4.69, 9.17) is 11.6 Å². The number of hydrogen-bond acceptors (Lipinski definition) is 4. The summed E-state index contributed by atoms with van der Waals surface area (Å²) >= 11 is 6.24. The van der Waals surface area contributed by atoms with Crippen LogP contribution in [0.4, 0.5) is 0 Å². The second-order valence-corrected chi connectivity index (χ2v) is 7.38. The number of carboxylic acids is 1. The van der Waals surface area contributed by atoms with Crippen molar-refractivity contribution in [2.75, 3.05) is 0 Å². The lowest BCUT2D eigenvalue weighted by molar-refractivity contribution is -0.147. The molecular formula is C18H19ClN4O4. The number of nitrogens with zero attached hydrogens (tertiary/aromatic N) is 4. The second-order valence-electron chi connectivity index (χ2n) is 6.98. The average molecular weight is 391 g/mol. The molecule has 1 N–H and O–H groups in total. The summed E-state index contributed by atoms with van der Waals surface area (Å²) in [5.74, 6) is -0.960. The van der Waals surface area contributed by atoms with Gasteiger partial charge in [0.2, 0.25) is 0 Å². The van der Waals surface area contributed by atoms with E-state index in [9.17, 15) is 19.5 Å². The van der Waals surface area contributed by atoms with Crippen molar-refractivity contribution in [1.29, 1.82) is 0 Å². The highest BCUT2D eigenvalue weighted by atomic mass is 35.5. The monoisotopic (exact) mass is 390 g/mol. The number of hydrogen-bond donors (Lipinski definition) is 1. The lowest BCUT2D eigenvalue weighted by Crippen LogP contribution is -2.39. The van der Waals surface area contributed by atoms with Gasteiger partial charge in [-0.2, -0.15) is 0 Å². The Kier molecular flexibility index (Phi) is 4.69. The molecule has 0 fully saturated rings. The van der Waals surface area contributed by atoms with Crippen molar-refractivity contribution in [3.8, 4) is 5.69 Å². The van der Waals surface area contributed by atoms with Crippen LogP contribution in [0.2, 0.25) is 5.02 Å². The van der Waals surface area contributed by atoms with Gasteiger partial charge in [-0.25, -0.2) is 9.78 Å². The number of fused-ring (bicyclic) bond motifs is 1. The molecule has 3 rings (SSSR count). The lowest BCUT2D eigenvalue weighted by atomic mass is 9.89. The van der Waals surface area contributed by atoms with Crippen molar-refractivity contribution in [2.24, 2.45) is 12.5 Å². The molecule has 0 atom stereocenters. The van der Waals surface area contributed by atoms with E-state index in [0.29, 0.717) is 10.7 Å². The molecule has 0 aliphatic heterocycles. The molecule has 0 saturated carbocycles. The van der Waals surface area contributed by atoms with Crippen LogP contribution in [0, 0.1) is 5.41 Å². The Morgan fingerprint density at radius 3 is 2.56 bits per heavy atom. The van der Waals surface area contributed by atoms with Gasteiger partial charge in [0.05, 0.1) is 16.1 Å². The van der Waals surface area contributed by atoms with Gasteiger partial charge < -0.3 is 5.11 Å². The van der Waals surface area contributed by atoms with Crippen LogP contribution in [-0.4, -0.2) is 29.8 Å². The summed E-state index contributed by atoms with van der Waals surface area (Å²) in [6.07, 6.45) is 1.64. The maximum absolute atomic E-state index is 12.7. The fourth-order valence-electron chi connectivity index (χ4n) is 2.78. The lowest BCUT2D eigenvalue weighted by Gasteiger charge is -2.19. The first kappa shape index (κ1) is 18.9. The van der Waals surface area contributed by atoms with E-state index in [-0.39, 0.29) is 24.1 Å². The highest BCUT2D eigenvalue weighted by molar-refractivity contribution is 6.32. The zero-order valence-corrected chi connectivity index (χ0v) is 15.9. The molecule has 2 aromatic heterocycles. The molecule has 0 aliphatic carbocycles. The Hall–Kier alpha value is -2.87. The van der Waals surface area contributed by atoms with Crippen LogP contribution < -0.4 is 11.2 Å². The Morgan fingerprint density at radius 1 is 1.26 bits per heavy atom. The number of aryl methyl sites for hydroxylation is 1. The quantitative estimate of drug-likeness (QED) is 0.718. The normalized spacial score (nSPS) is 11.9. The van der Waals surface area contributed by atoms with Gasteiger partial charge in [-0.15, -0.1) is 0 Å². The van der Waals surface area contributed by atoms with E-state index in [2.05, 4.69) is 4.98 Å². The smallest absolute Gasteiger partial charge is 0.332 e. The molecule has 0 bridgehead atoms. The maximum Gasteiger partial charge on any atom is 0.332 e. The van der Waals surface area contributed by atoms with Crippen molar-refractivity contribution in [1.82, 2.24) is 18.7 Å². The van der Waals surface area contributed by atoms with Gasteiger partial charge in [0, 0.05) is 13.6 Å². The van der Waals surface area contributed by atoms with Gasteiger partial charge in [-0.05, 0) is 32.4 Å². The minimum atomic E-state index is -1.02. The third-order valence-electron chi connectivity index (χ3n) is 4.68. The molecule has 27 heavy (non-hydrogen) atoms. The Balaban J connectivity index is 2.22. The molecule has 142 valence electrons. The van der Waals surface area contributed by atoms with Crippen LogP contribution in [0.15, 0.2) is 40.2 Å². The first-order valence-electron chi connectivity index (χ1n) is 8.30. The summed E-state index contributed by atoms with van der Waals surface area (Å²) in [6.45, 7) is 3.28. The van der Waals surface area contributed by atoms with E-state index >= 15 is 0 Å². The zero-order chi connectivity index (χ0) is 19.9. The minimum Gasteiger partial charge on any atom is -0.481 e. The summed E-state index contributed by atoms with van der Waals surface area (Å²) in [5, 5.41) is 9.74. The van der Waals surface area contributed by atoms with E-state index in [1.165, 1.54) is 22.5 Å². The summed E-state index contributed by atoms with van der Waals surface area (Å²) < 4.78 is 3.86. The van der Waals surface area contributed by atoms with Gasteiger partial charge in [0.1, 0.15) is 6.33 Å². The van der Waals surface area contributed by atoms with Crippen LogP contribution in [0.25, 0.3) is 16.9 Å². The largest absolute Gasteiger partial charge is 0.481 e. The maximum atomic E-state index is 12.7. The number of aromatic nitrogens is 4. The number of para-hydroxylation sites is 1. The standard InChI is InChI=1S/C18H19ClN4O4/c1-18(2,16(25)26)8-9-22-14-13(15(24)21(3)17(22)27)23(10-20-14)12-7-5-4-6-11(12)19/h4-7,10H,8-9H2,1-3H3,(H,25,26). The van der Waals surface area contributed by atoms with E-state index in [1.807, 2.05) is 0 Å². The summed E-state index contributed by atoms with van der Waals surface area (Å²) in [4.78, 5) is 40.9. The zero-order valence-electron chi connectivity index (χ0n) is 15.1. The van der Waals surface area contributed by atoms with Crippen molar-refractivity contribution >= 4 is 28.7 Å². The van der Waals surface area contributed by atoms with Gasteiger partial charge in [0.15, 0.2) is 11.2 Å². The van der Waals surface area contributed by atoms with Crippen LogP contribution >= 0.6 is 11.6 Å². The highest BCUT2D eigenvalue weighted by Gasteiger charge is 2.28. The Labute approximate surface area is 159 Å². The molecule has 8 nitrogen and oxygen atoms in total. The predicted octanol–water partition coefficient (Wildman–Crippen LogP) is 2.04. The van der Waals surface area contributed by atoms with Gasteiger partial charge in [-0.1, -0.05) is 23.7 Å². The first-order chi connectivity index (χ1) is 12.6. The number of carboxylic acid groups (broad SMARTS) is 1. The van der Waals surface area contributed by atoms with Crippen molar-refractivity contribution in [2.45, 2.75) is 26.8 Å². The first-order valence-corrected chi connectivity index (χ1v) is 8.68. The van der Waals surface area contributed by atoms with Crippen LogP contribution in [0.5, 0.6) is 0 Å². The van der Waals surface area contributed by atoms with E-state index in [0.717, 1.165) is 4.57 Å². The Morgan fingerprint density at radius 2 is 1.93 bits per heavy atom. The van der Waals surface area contributed by atoms with Crippen LogP contribution in [0.1, 0.15) is 20.3 Å². The average Bonchev–Trinajstić information content (AvgIpc) is 3.04. The molecule has 9 heteroatoms. The molecule has 0 radical (unpaired) electrons. The fraction of sp³-hybridized carbons (Fsp3) is 0.333. The number of halogens is 1. The molecule has 1 aromatic carbocycles. The molecule has 0 unspecified atom stereocenters. The second kappa shape index (κ2) is 6.70. The van der Waals surface area contributed by atoms with E-state index in [1.54, 1.807) is 38.1 Å². The van der Waals surface area contributed by atoms with E-state index < -0.39 is 22.6 Å². The molecule has 0 aliphatic rings. The number of benzene rings is 1. The van der Waals surface area contributed by atoms with Gasteiger partial charge in [0.25, 0.3) is 5.56 Å². The third kappa shape index (κ3) is 3.16. The molecule has 0 saturated heterocycles. The fourth-order valence-corrected chi connectivity index (χ4v) is 3.01. The molecular weight excluding hydrogens is 372 g/mol. The van der Waals surface area contributed by atoms with Gasteiger partial charge >= 0.3 is 11.7 Å². The SMILES string of the molecule is Cn1c(=O)c2c(ncn2-c2ccccc2Cl)n(CCC(C)(C)C(=O)O)c1=O. The number of aliphatic carboxylic acids is 1. The topological polar surface area (TPSA) is 99.1 Å². The van der Waals surface area contributed by atoms with Crippen molar-refractivity contribution < 1.29 is 9.90 Å². The number of carbonyl (C=O) groups is 1. The minimum absolute atomic E-state index is 0.113. The molecule has 2 heterocycles. The third-order valence-corrected chi connectivity index (χ3v) is 5.00.